The maximum Gasteiger partial charge on any atom is 0.0626 e. The molecule has 0 radical (unpaired) electrons. The van der Waals surface area contributed by atoms with E-state index in [0.29, 0.717) is 0 Å². The molecular weight excluding hydrogens is 164 g/mol. The number of nitrogens with two attached hydrogens (primary N) is 1. The predicted octanol–water partition coefficient (Wildman–Crippen LogP) is 0.448. The number of benzene rings is 1. The zero-order valence-corrected chi connectivity index (χ0v) is 7.46. The zero-order chi connectivity index (χ0) is 9.26. The fraction of sp³-hybridized carbons (Fsp3) is 0.400. The average molecular weight is 178 g/mol. The lowest BCUT2D eigenvalue weighted by Gasteiger charge is -2.25. The Hall–Kier alpha value is -1.06. The van der Waals surface area contributed by atoms with Gasteiger partial charge in [0.15, 0.2) is 0 Å². The van der Waals surface area contributed by atoms with Crippen LogP contribution in [-0.2, 0) is 6.42 Å². The van der Waals surface area contributed by atoms with Gasteiger partial charge in [-0.2, -0.15) is 0 Å². The van der Waals surface area contributed by atoms with E-state index in [1.807, 2.05) is 18.2 Å². The van der Waals surface area contributed by atoms with E-state index >= 15 is 0 Å². The number of hydrogen-bond donors (Lipinski definition) is 3. The highest BCUT2D eigenvalue weighted by Crippen LogP contribution is 2.24. The number of fused-ring (bicyclic) bond motifs is 1. The topological polar surface area (TPSA) is 58.3 Å². The number of nitrogens with one attached hydrogen (secondary N) is 1. The van der Waals surface area contributed by atoms with E-state index in [2.05, 4.69) is 5.32 Å². The van der Waals surface area contributed by atoms with Gasteiger partial charge in [0.2, 0.25) is 0 Å². The van der Waals surface area contributed by atoms with E-state index in [0.717, 1.165) is 24.2 Å². The first-order valence-corrected chi connectivity index (χ1v) is 4.54. The maximum atomic E-state index is 9.13. The van der Waals surface area contributed by atoms with Crippen molar-refractivity contribution in [1.82, 2.24) is 5.32 Å². The third-order valence-corrected chi connectivity index (χ3v) is 2.51. The smallest absolute Gasteiger partial charge is 0.0626 e. The Bertz CT molecular complexity index is 312. The fourth-order valence-electron chi connectivity index (χ4n) is 1.82. The van der Waals surface area contributed by atoms with Crippen LogP contribution in [0.1, 0.15) is 17.2 Å². The Labute approximate surface area is 77.6 Å². The SMILES string of the molecule is Nc1ccc2c(c1)[C@@H](CO)NCC2. The van der Waals surface area contributed by atoms with Crippen molar-refractivity contribution in [2.75, 3.05) is 18.9 Å². The van der Waals surface area contributed by atoms with Crippen LogP contribution < -0.4 is 11.1 Å². The Morgan fingerprint density at radius 3 is 3.15 bits per heavy atom. The van der Waals surface area contributed by atoms with Crippen molar-refractivity contribution in [2.45, 2.75) is 12.5 Å². The van der Waals surface area contributed by atoms with Gasteiger partial charge in [-0.1, -0.05) is 6.07 Å². The molecule has 2 rings (SSSR count). The average Bonchev–Trinajstić information content (AvgIpc) is 2.17. The van der Waals surface area contributed by atoms with Gasteiger partial charge in [-0.05, 0) is 36.2 Å². The molecule has 1 aliphatic heterocycles. The second kappa shape index (κ2) is 3.36. The number of aliphatic hydroxyl groups excluding tert-OH is 1. The highest BCUT2D eigenvalue weighted by Gasteiger charge is 2.18. The maximum absolute atomic E-state index is 9.13. The summed E-state index contributed by atoms with van der Waals surface area (Å²) in [5, 5.41) is 12.4. The number of hydrogen-bond acceptors (Lipinski definition) is 3. The summed E-state index contributed by atoms with van der Waals surface area (Å²) in [6.45, 7) is 1.07. The molecule has 1 aliphatic rings. The lowest BCUT2D eigenvalue weighted by molar-refractivity contribution is 0.240. The van der Waals surface area contributed by atoms with Crippen LogP contribution in [0.5, 0.6) is 0 Å². The zero-order valence-electron chi connectivity index (χ0n) is 7.46. The molecule has 70 valence electrons. The first kappa shape index (κ1) is 8.53. The Morgan fingerprint density at radius 1 is 1.54 bits per heavy atom. The molecule has 0 spiro atoms. The minimum Gasteiger partial charge on any atom is -0.399 e. The summed E-state index contributed by atoms with van der Waals surface area (Å²) in [7, 11) is 0. The monoisotopic (exact) mass is 178 g/mol. The highest BCUT2D eigenvalue weighted by molar-refractivity contribution is 5.47. The van der Waals surface area contributed by atoms with E-state index in [9.17, 15) is 0 Å². The summed E-state index contributed by atoms with van der Waals surface area (Å²) in [4.78, 5) is 0. The van der Waals surface area contributed by atoms with Gasteiger partial charge in [0.25, 0.3) is 0 Å². The Balaban J connectivity index is 2.41. The van der Waals surface area contributed by atoms with E-state index in [4.69, 9.17) is 10.8 Å². The summed E-state index contributed by atoms with van der Waals surface area (Å²) >= 11 is 0. The van der Waals surface area contributed by atoms with Crippen LogP contribution >= 0.6 is 0 Å². The summed E-state index contributed by atoms with van der Waals surface area (Å²) < 4.78 is 0. The fourth-order valence-corrected chi connectivity index (χ4v) is 1.82. The molecule has 0 aliphatic carbocycles. The first-order valence-electron chi connectivity index (χ1n) is 4.54. The van der Waals surface area contributed by atoms with Gasteiger partial charge in [0.1, 0.15) is 0 Å². The summed E-state index contributed by atoms with van der Waals surface area (Å²) in [6.07, 6.45) is 1.02. The van der Waals surface area contributed by atoms with Gasteiger partial charge in [-0.3, -0.25) is 0 Å². The number of anilines is 1. The van der Waals surface area contributed by atoms with E-state index in [-0.39, 0.29) is 12.6 Å². The second-order valence-electron chi connectivity index (χ2n) is 3.40. The van der Waals surface area contributed by atoms with E-state index in [1.54, 1.807) is 0 Å². The molecule has 4 N–H and O–H groups in total. The molecule has 0 fully saturated rings. The molecule has 0 bridgehead atoms. The van der Waals surface area contributed by atoms with Crippen molar-refractivity contribution in [3.63, 3.8) is 0 Å². The normalized spacial score (nSPS) is 21.2. The molecule has 3 heteroatoms. The lowest BCUT2D eigenvalue weighted by Crippen LogP contribution is -2.32. The standard InChI is InChI=1S/C10H14N2O/c11-8-2-1-7-3-4-12-10(6-13)9(7)5-8/h1-2,5,10,12-13H,3-4,6,11H2/t10-/m1/s1. The lowest BCUT2D eigenvalue weighted by atomic mass is 9.94. The van der Waals surface area contributed by atoms with Gasteiger partial charge >= 0.3 is 0 Å². The first-order chi connectivity index (χ1) is 6.31. The largest absolute Gasteiger partial charge is 0.399 e. The molecule has 0 saturated carbocycles. The minimum atomic E-state index is 0.0623. The molecule has 1 aromatic rings. The Kier molecular flexibility index (Phi) is 2.20. The number of rotatable bonds is 1. The molecule has 13 heavy (non-hydrogen) atoms. The predicted molar refractivity (Wildman–Crippen MR) is 52.4 cm³/mol. The van der Waals surface area contributed by atoms with Crippen molar-refractivity contribution in [3.05, 3.63) is 29.3 Å². The summed E-state index contributed by atoms with van der Waals surface area (Å²) in [6, 6.07) is 5.97. The minimum absolute atomic E-state index is 0.0623. The van der Waals surface area contributed by atoms with Crippen molar-refractivity contribution < 1.29 is 5.11 Å². The molecule has 0 aromatic heterocycles. The van der Waals surface area contributed by atoms with E-state index in [1.165, 1.54) is 5.56 Å². The second-order valence-corrected chi connectivity index (χ2v) is 3.40. The van der Waals surface area contributed by atoms with Crippen LogP contribution in [0.15, 0.2) is 18.2 Å². The molecule has 1 atom stereocenters. The van der Waals surface area contributed by atoms with Crippen LogP contribution in [0, 0.1) is 0 Å². The number of aliphatic hydroxyl groups is 1. The van der Waals surface area contributed by atoms with E-state index < -0.39 is 0 Å². The van der Waals surface area contributed by atoms with Crippen molar-refractivity contribution in [1.29, 1.82) is 0 Å². The molecule has 0 saturated heterocycles. The summed E-state index contributed by atoms with van der Waals surface area (Å²) in [5.41, 5.74) is 8.90. The molecule has 1 heterocycles. The molecule has 0 amide bonds. The third kappa shape index (κ3) is 1.53. The van der Waals surface area contributed by atoms with Crippen molar-refractivity contribution in [3.8, 4) is 0 Å². The highest BCUT2D eigenvalue weighted by atomic mass is 16.3. The molecule has 1 aromatic carbocycles. The quantitative estimate of drug-likeness (QED) is 0.547. The van der Waals surface area contributed by atoms with Crippen molar-refractivity contribution in [2.24, 2.45) is 0 Å². The molecule has 0 unspecified atom stereocenters. The van der Waals surface area contributed by atoms with Crippen molar-refractivity contribution >= 4 is 5.69 Å². The van der Waals surface area contributed by atoms with Gasteiger partial charge in [-0.15, -0.1) is 0 Å². The molecular formula is C10H14N2O. The van der Waals surface area contributed by atoms with Crippen LogP contribution in [0.25, 0.3) is 0 Å². The molecule has 3 nitrogen and oxygen atoms in total. The van der Waals surface area contributed by atoms with Gasteiger partial charge in [-0.25, -0.2) is 0 Å². The van der Waals surface area contributed by atoms with Crippen LogP contribution in [0.2, 0.25) is 0 Å². The third-order valence-electron chi connectivity index (χ3n) is 2.51. The number of nitrogen functional groups attached to an aromatic ring is 1. The Morgan fingerprint density at radius 2 is 2.38 bits per heavy atom. The van der Waals surface area contributed by atoms with Gasteiger partial charge in [0.05, 0.1) is 12.6 Å². The van der Waals surface area contributed by atoms with Crippen LogP contribution in [-0.4, -0.2) is 18.3 Å². The summed E-state index contributed by atoms with van der Waals surface area (Å²) in [5.74, 6) is 0. The van der Waals surface area contributed by atoms with Gasteiger partial charge in [0, 0.05) is 5.69 Å². The van der Waals surface area contributed by atoms with Crippen LogP contribution in [0.3, 0.4) is 0 Å². The van der Waals surface area contributed by atoms with Crippen LogP contribution in [0.4, 0.5) is 5.69 Å². The van der Waals surface area contributed by atoms with Gasteiger partial charge < -0.3 is 16.2 Å².